The Kier molecular flexibility index (Phi) is 19.6. The summed E-state index contributed by atoms with van der Waals surface area (Å²) in [7, 11) is 0. The minimum Gasteiger partial charge on any atom is -0.493 e. The zero-order valence-corrected chi connectivity index (χ0v) is 46.4. The Balaban J connectivity index is 1.85. The smallest absolute Gasteiger partial charge is 0.126 e. The Bertz CT molecular complexity index is 1920. The second kappa shape index (κ2) is 24.3. The van der Waals surface area contributed by atoms with Crippen LogP contribution in [-0.4, -0.2) is 26.4 Å². The predicted octanol–water partition coefficient (Wildman–Crippen LogP) is 17.4. The van der Waals surface area contributed by atoms with E-state index >= 15 is 0 Å². The van der Waals surface area contributed by atoms with Gasteiger partial charge in [-0.05, 0) is 153 Å². The fourth-order valence-electron chi connectivity index (χ4n) is 9.38. The van der Waals surface area contributed by atoms with Gasteiger partial charge in [0.1, 0.15) is 23.0 Å². The summed E-state index contributed by atoms with van der Waals surface area (Å²) in [6.07, 6.45) is 15.7. The molecule has 1 aliphatic carbocycles. The molecule has 68 heavy (non-hydrogen) atoms. The number of ether oxygens (including phenoxy) is 4. The maximum absolute atomic E-state index is 7.02. The van der Waals surface area contributed by atoms with E-state index in [4.69, 9.17) is 18.9 Å². The van der Waals surface area contributed by atoms with Crippen LogP contribution in [0.25, 0.3) is 0 Å². The van der Waals surface area contributed by atoms with Crippen molar-refractivity contribution in [2.75, 3.05) is 26.4 Å². The molecule has 4 nitrogen and oxygen atoms in total. The summed E-state index contributed by atoms with van der Waals surface area (Å²) in [6.45, 7) is 40.2. The van der Waals surface area contributed by atoms with Crippen molar-refractivity contribution in [1.82, 2.24) is 0 Å². The average molecular weight is 929 g/mol. The van der Waals surface area contributed by atoms with E-state index in [1.54, 1.807) is 0 Å². The molecule has 4 aromatic carbocycles. The molecule has 0 N–H and O–H groups in total. The maximum atomic E-state index is 7.02. The largest absolute Gasteiger partial charge is 0.493 e. The summed E-state index contributed by atoms with van der Waals surface area (Å²) in [5, 5.41) is 0. The van der Waals surface area contributed by atoms with E-state index in [0.29, 0.717) is 26.4 Å². The van der Waals surface area contributed by atoms with Crippen LogP contribution in [0.2, 0.25) is 0 Å². The number of aryl methyl sites for hydroxylation is 4. The van der Waals surface area contributed by atoms with E-state index in [0.717, 1.165) is 126 Å². The third-order valence-corrected chi connectivity index (χ3v) is 14.0. The van der Waals surface area contributed by atoms with Gasteiger partial charge in [0.2, 0.25) is 0 Å². The summed E-state index contributed by atoms with van der Waals surface area (Å²) in [6, 6.07) is 19.8. The molecule has 0 aliphatic heterocycles. The minimum atomic E-state index is -0.0316. The van der Waals surface area contributed by atoms with Gasteiger partial charge in [-0.2, -0.15) is 0 Å². The molecule has 0 spiro atoms. The molecule has 0 amide bonds. The molecule has 0 saturated heterocycles. The van der Waals surface area contributed by atoms with Crippen molar-refractivity contribution in [2.24, 2.45) is 0 Å². The molecule has 0 atom stereocenters. The lowest BCUT2D eigenvalue weighted by molar-refractivity contribution is 0.298. The zero-order chi connectivity index (χ0) is 49.9. The van der Waals surface area contributed by atoms with Crippen molar-refractivity contribution >= 4 is 0 Å². The summed E-state index contributed by atoms with van der Waals surface area (Å²) in [4.78, 5) is 0. The van der Waals surface area contributed by atoms with Crippen LogP contribution in [0.3, 0.4) is 0 Å². The lowest BCUT2D eigenvalue weighted by Gasteiger charge is -2.28. The first-order valence-corrected chi connectivity index (χ1v) is 27.2. The Morgan fingerprint density at radius 2 is 0.500 bits per heavy atom. The van der Waals surface area contributed by atoms with E-state index in [9.17, 15) is 0 Å². The molecule has 8 bridgehead atoms. The number of hydrogen-bond acceptors (Lipinski definition) is 4. The molecule has 5 rings (SSSR count). The van der Waals surface area contributed by atoms with Crippen molar-refractivity contribution in [2.45, 2.75) is 235 Å². The standard InChI is InChI=1S/C64H96O4/c1-17-21-31-65-57-45-27-25-28-46-38-55(63(11,12)13)43-51(59(46)67-33-23-19-3)36-52-44-56(64(14,15)16)40-48(60(52)68-34-24-20-4)30-26-29-47-39-54(62(8,9)10)42-50(58(47)66-32-22-18-2)35-49(57)41-53(37-45)61(5,6)7/h37-44H,17-36H2,1-16H3. The van der Waals surface area contributed by atoms with E-state index in [1.807, 2.05) is 0 Å². The van der Waals surface area contributed by atoms with Gasteiger partial charge in [-0.25, -0.2) is 0 Å². The third kappa shape index (κ3) is 15.0. The molecule has 0 radical (unpaired) electrons. The number of rotatable bonds is 16. The molecule has 0 saturated carbocycles. The fourth-order valence-corrected chi connectivity index (χ4v) is 9.38. The lowest BCUT2D eigenvalue weighted by atomic mass is 9.80. The normalized spacial score (nSPS) is 14.1. The van der Waals surface area contributed by atoms with Crippen LogP contribution in [0.4, 0.5) is 0 Å². The van der Waals surface area contributed by atoms with Gasteiger partial charge >= 0.3 is 0 Å². The van der Waals surface area contributed by atoms with Crippen molar-refractivity contribution in [3.05, 3.63) is 115 Å². The number of hydrogen-bond donors (Lipinski definition) is 0. The molecular weight excluding hydrogens is 833 g/mol. The van der Waals surface area contributed by atoms with Crippen molar-refractivity contribution in [3.63, 3.8) is 0 Å². The molecule has 4 aromatic rings. The summed E-state index contributed by atoms with van der Waals surface area (Å²) in [5.74, 6) is 4.32. The first-order chi connectivity index (χ1) is 32.1. The SMILES string of the molecule is CCCCOc1c2cc(C(C)(C)C)cc1Cc1cc(C(C)(C)C)cc(c1OCCCC)CCCc1cc(C(C)(C)C)cc(c1OCCCC)Cc1cc(C(C)(C)C)cc(c1OCCCC)CCC2. The molecular formula is C64H96O4. The Morgan fingerprint density at radius 3 is 0.676 bits per heavy atom. The van der Waals surface area contributed by atoms with Crippen molar-refractivity contribution in [1.29, 1.82) is 0 Å². The van der Waals surface area contributed by atoms with Crippen molar-refractivity contribution < 1.29 is 18.9 Å². The monoisotopic (exact) mass is 929 g/mol. The van der Waals surface area contributed by atoms with E-state index < -0.39 is 0 Å². The molecule has 0 heterocycles. The highest BCUT2D eigenvalue weighted by atomic mass is 16.5. The van der Waals surface area contributed by atoms with Gasteiger partial charge < -0.3 is 18.9 Å². The molecule has 376 valence electrons. The number of unbranched alkanes of at least 4 members (excludes halogenated alkanes) is 4. The predicted molar refractivity (Wildman–Crippen MR) is 292 cm³/mol. The molecule has 4 heteroatoms. The Labute approximate surface area is 417 Å². The highest BCUT2D eigenvalue weighted by Gasteiger charge is 2.28. The van der Waals surface area contributed by atoms with Crippen LogP contribution in [0.1, 0.15) is 242 Å². The van der Waals surface area contributed by atoms with E-state index in [1.165, 1.54) is 66.8 Å². The second-order valence-corrected chi connectivity index (χ2v) is 24.4. The highest BCUT2D eigenvalue weighted by Crippen LogP contribution is 2.42. The highest BCUT2D eigenvalue weighted by molar-refractivity contribution is 5.56. The maximum Gasteiger partial charge on any atom is 0.126 e. The van der Waals surface area contributed by atoms with Gasteiger partial charge in [0, 0.05) is 12.8 Å². The Morgan fingerprint density at radius 1 is 0.309 bits per heavy atom. The fraction of sp³-hybridized carbons (Fsp3) is 0.625. The quantitative estimate of drug-likeness (QED) is 0.105. The van der Waals surface area contributed by atoms with Crippen LogP contribution < -0.4 is 18.9 Å². The third-order valence-electron chi connectivity index (χ3n) is 14.0. The lowest BCUT2D eigenvalue weighted by Crippen LogP contribution is -2.17. The molecule has 0 aromatic heterocycles. The molecule has 0 unspecified atom stereocenters. The summed E-state index contributed by atoms with van der Waals surface area (Å²) < 4.78 is 28.1. The number of fused-ring (bicyclic) bond motifs is 8. The van der Waals surface area contributed by atoms with Crippen LogP contribution in [0.15, 0.2) is 48.5 Å². The van der Waals surface area contributed by atoms with Gasteiger partial charge in [0.05, 0.1) is 26.4 Å². The van der Waals surface area contributed by atoms with Gasteiger partial charge in [-0.3, -0.25) is 0 Å². The average Bonchev–Trinajstić information content (AvgIpc) is 3.24. The molecule has 1 aliphatic rings. The zero-order valence-electron chi connectivity index (χ0n) is 46.4. The van der Waals surface area contributed by atoms with Crippen LogP contribution in [-0.2, 0) is 60.2 Å². The van der Waals surface area contributed by atoms with Gasteiger partial charge in [-0.15, -0.1) is 0 Å². The van der Waals surface area contributed by atoms with E-state index in [2.05, 4.69) is 159 Å². The topological polar surface area (TPSA) is 36.9 Å². The summed E-state index contributed by atoms with van der Waals surface area (Å²) >= 11 is 0. The van der Waals surface area contributed by atoms with Gasteiger partial charge in [0.15, 0.2) is 0 Å². The summed E-state index contributed by atoms with van der Waals surface area (Å²) in [5.41, 5.74) is 15.7. The first-order valence-electron chi connectivity index (χ1n) is 27.2. The van der Waals surface area contributed by atoms with Crippen LogP contribution >= 0.6 is 0 Å². The first kappa shape index (κ1) is 55.0. The van der Waals surface area contributed by atoms with E-state index in [-0.39, 0.29) is 21.7 Å². The Hall–Kier alpha value is -3.92. The van der Waals surface area contributed by atoms with Crippen LogP contribution in [0, 0.1) is 0 Å². The number of benzene rings is 4. The minimum absolute atomic E-state index is 0.0316. The second-order valence-electron chi connectivity index (χ2n) is 24.4. The molecule has 0 fully saturated rings. The van der Waals surface area contributed by atoms with Gasteiger partial charge in [-0.1, -0.05) is 185 Å². The van der Waals surface area contributed by atoms with Crippen LogP contribution in [0.5, 0.6) is 23.0 Å². The van der Waals surface area contributed by atoms with Crippen molar-refractivity contribution in [3.8, 4) is 23.0 Å². The van der Waals surface area contributed by atoms with Gasteiger partial charge in [0.25, 0.3) is 0 Å².